The van der Waals surface area contributed by atoms with Gasteiger partial charge >= 0.3 is 0 Å². The number of hydrogen-bond donors (Lipinski definition) is 1. The Morgan fingerprint density at radius 2 is 1.79 bits per heavy atom. The Morgan fingerprint density at radius 1 is 1.10 bits per heavy atom. The van der Waals surface area contributed by atoms with Crippen LogP contribution in [0, 0.1) is 0 Å². The summed E-state index contributed by atoms with van der Waals surface area (Å²) in [7, 11) is 0. The van der Waals surface area contributed by atoms with Crippen molar-refractivity contribution in [1.82, 2.24) is 10.2 Å². The van der Waals surface area contributed by atoms with Crippen molar-refractivity contribution in [2.75, 3.05) is 12.3 Å². The van der Waals surface area contributed by atoms with E-state index in [0.717, 1.165) is 16.9 Å². The molecule has 0 bridgehead atoms. The summed E-state index contributed by atoms with van der Waals surface area (Å²) < 4.78 is 0. The van der Waals surface area contributed by atoms with E-state index in [-0.39, 0.29) is 11.8 Å². The lowest BCUT2D eigenvalue weighted by atomic mass is 10.1. The molecule has 0 aliphatic rings. The van der Waals surface area contributed by atoms with Crippen molar-refractivity contribution in [1.29, 1.82) is 0 Å². The number of nitrogens with one attached hydrogen (secondary N) is 1. The zero-order valence-electron chi connectivity index (χ0n) is 16.7. The first-order valence-electron chi connectivity index (χ1n) is 9.61. The number of rotatable bonds is 10. The van der Waals surface area contributed by atoms with Crippen LogP contribution < -0.4 is 5.32 Å². The minimum absolute atomic E-state index is 0.0782. The third kappa shape index (κ3) is 7.57. The summed E-state index contributed by atoms with van der Waals surface area (Å²) in [5.41, 5.74) is 0.822. The van der Waals surface area contributed by atoms with E-state index in [1.54, 1.807) is 29.7 Å². The molecule has 0 aliphatic carbocycles. The molecule has 0 saturated carbocycles. The van der Waals surface area contributed by atoms with Crippen molar-refractivity contribution in [3.05, 3.63) is 64.1 Å². The van der Waals surface area contributed by atoms with Crippen LogP contribution in [0.15, 0.2) is 53.4 Å². The number of hydrogen-bond acceptors (Lipinski definition) is 3. The molecule has 156 valence electrons. The van der Waals surface area contributed by atoms with E-state index in [0.29, 0.717) is 35.3 Å². The topological polar surface area (TPSA) is 49.4 Å². The second-order valence-electron chi connectivity index (χ2n) is 6.63. The quantitative estimate of drug-likeness (QED) is 0.489. The van der Waals surface area contributed by atoms with Crippen molar-refractivity contribution in [2.24, 2.45) is 0 Å². The monoisotopic (exact) mass is 452 g/mol. The molecule has 1 N–H and O–H groups in total. The summed E-state index contributed by atoms with van der Waals surface area (Å²) in [5.74, 6) is 0.381. The summed E-state index contributed by atoms with van der Waals surface area (Å²) >= 11 is 13.8. The van der Waals surface area contributed by atoms with Crippen molar-refractivity contribution in [3.63, 3.8) is 0 Å². The molecule has 29 heavy (non-hydrogen) atoms. The average Bonchev–Trinajstić information content (AvgIpc) is 2.72. The van der Waals surface area contributed by atoms with Gasteiger partial charge in [0.15, 0.2) is 0 Å². The molecule has 1 atom stereocenters. The van der Waals surface area contributed by atoms with Gasteiger partial charge in [0.25, 0.3) is 0 Å². The highest BCUT2D eigenvalue weighted by molar-refractivity contribution is 7.99. The molecule has 0 saturated heterocycles. The van der Waals surface area contributed by atoms with Gasteiger partial charge in [0.05, 0.1) is 0 Å². The van der Waals surface area contributed by atoms with Crippen LogP contribution in [0.1, 0.15) is 32.3 Å². The number of carbonyl (C=O) groups excluding carboxylic acids is 2. The summed E-state index contributed by atoms with van der Waals surface area (Å²) in [6.45, 7) is 4.63. The summed E-state index contributed by atoms with van der Waals surface area (Å²) in [4.78, 5) is 28.1. The van der Waals surface area contributed by atoms with Crippen molar-refractivity contribution in [2.45, 2.75) is 44.2 Å². The van der Waals surface area contributed by atoms with Gasteiger partial charge < -0.3 is 10.2 Å². The molecule has 0 aliphatic heterocycles. The Hall–Kier alpha value is -1.69. The third-order valence-corrected chi connectivity index (χ3v) is 6.05. The second-order valence-corrected chi connectivity index (χ2v) is 8.64. The van der Waals surface area contributed by atoms with Crippen LogP contribution in [-0.4, -0.2) is 35.1 Å². The van der Waals surface area contributed by atoms with Gasteiger partial charge in [-0.25, -0.2) is 0 Å². The highest BCUT2D eigenvalue weighted by Gasteiger charge is 2.26. The van der Waals surface area contributed by atoms with E-state index in [9.17, 15) is 9.59 Å². The normalized spacial score (nSPS) is 11.7. The molecule has 2 aromatic rings. The van der Waals surface area contributed by atoms with Gasteiger partial charge in [-0.2, -0.15) is 0 Å². The number of benzene rings is 2. The molecule has 2 rings (SSSR count). The fourth-order valence-corrected chi connectivity index (χ4v) is 3.88. The maximum Gasteiger partial charge on any atom is 0.242 e. The van der Waals surface area contributed by atoms with Crippen LogP contribution >= 0.6 is 35.0 Å². The summed E-state index contributed by atoms with van der Waals surface area (Å²) in [6.07, 6.45) is 1.16. The fourth-order valence-electron chi connectivity index (χ4n) is 2.72. The first kappa shape index (κ1) is 23.6. The van der Waals surface area contributed by atoms with Crippen LogP contribution in [0.25, 0.3) is 0 Å². The van der Waals surface area contributed by atoms with E-state index in [1.807, 2.05) is 49.4 Å². The van der Waals surface area contributed by atoms with E-state index in [4.69, 9.17) is 23.2 Å². The fraction of sp³-hybridized carbons (Fsp3) is 0.364. The highest BCUT2D eigenvalue weighted by Crippen LogP contribution is 2.23. The van der Waals surface area contributed by atoms with E-state index >= 15 is 0 Å². The SMILES string of the molecule is CCCNC(=O)[C@H](C)N(Cc1ccccc1Cl)C(=O)CCSc1ccc(Cl)cc1. The Balaban J connectivity index is 2.05. The lowest BCUT2D eigenvalue weighted by Crippen LogP contribution is -2.47. The Kier molecular flexibility index (Phi) is 9.85. The van der Waals surface area contributed by atoms with Gasteiger partial charge in [-0.05, 0) is 49.2 Å². The molecule has 0 aromatic heterocycles. The minimum Gasteiger partial charge on any atom is -0.354 e. The third-order valence-electron chi connectivity index (χ3n) is 4.41. The number of amides is 2. The highest BCUT2D eigenvalue weighted by atomic mass is 35.5. The van der Waals surface area contributed by atoms with Gasteiger partial charge in [-0.15, -0.1) is 11.8 Å². The van der Waals surface area contributed by atoms with Crippen molar-refractivity contribution >= 4 is 46.8 Å². The van der Waals surface area contributed by atoms with Crippen molar-refractivity contribution < 1.29 is 9.59 Å². The number of thioether (sulfide) groups is 1. The number of nitrogens with zero attached hydrogens (tertiary/aromatic N) is 1. The minimum atomic E-state index is -0.578. The van der Waals surface area contributed by atoms with E-state index in [1.165, 1.54) is 0 Å². The average molecular weight is 453 g/mol. The molecule has 0 spiro atoms. The molecular formula is C22H26Cl2N2O2S. The van der Waals surface area contributed by atoms with Gasteiger partial charge in [0.1, 0.15) is 6.04 Å². The number of halogens is 2. The van der Waals surface area contributed by atoms with E-state index < -0.39 is 6.04 Å². The molecular weight excluding hydrogens is 427 g/mol. The Bertz CT molecular complexity index is 815. The largest absolute Gasteiger partial charge is 0.354 e. The molecule has 0 unspecified atom stereocenters. The maximum atomic E-state index is 13.0. The molecule has 0 radical (unpaired) electrons. The summed E-state index contributed by atoms with van der Waals surface area (Å²) in [6, 6.07) is 14.3. The lowest BCUT2D eigenvalue weighted by Gasteiger charge is -2.29. The maximum absolute atomic E-state index is 13.0. The zero-order chi connectivity index (χ0) is 21.2. The van der Waals surface area contributed by atoms with Gasteiger partial charge in [0.2, 0.25) is 11.8 Å². The molecule has 2 amide bonds. The Morgan fingerprint density at radius 3 is 2.45 bits per heavy atom. The van der Waals surface area contributed by atoms with Crippen LogP contribution in [0.4, 0.5) is 0 Å². The smallest absolute Gasteiger partial charge is 0.242 e. The zero-order valence-corrected chi connectivity index (χ0v) is 19.0. The first-order valence-corrected chi connectivity index (χ1v) is 11.4. The van der Waals surface area contributed by atoms with Crippen LogP contribution in [-0.2, 0) is 16.1 Å². The van der Waals surface area contributed by atoms with Crippen molar-refractivity contribution in [3.8, 4) is 0 Å². The molecule has 0 fully saturated rings. The van der Waals surface area contributed by atoms with Gasteiger partial charge in [-0.3, -0.25) is 9.59 Å². The molecule has 4 nitrogen and oxygen atoms in total. The van der Waals surface area contributed by atoms with Crippen LogP contribution in [0.2, 0.25) is 10.0 Å². The number of carbonyl (C=O) groups is 2. The van der Waals surface area contributed by atoms with Crippen LogP contribution in [0.3, 0.4) is 0 Å². The summed E-state index contributed by atoms with van der Waals surface area (Å²) in [5, 5.41) is 4.14. The Labute approximate surface area is 187 Å². The second kappa shape index (κ2) is 12.1. The predicted molar refractivity (Wildman–Crippen MR) is 122 cm³/mol. The standard InChI is InChI=1S/C22H26Cl2N2O2S/c1-3-13-25-22(28)16(2)26(15-17-6-4-5-7-20(17)24)21(27)12-14-29-19-10-8-18(23)9-11-19/h4-11,16H,3,12-15H2,1-2H3,(H,25,28)/t16-/m0/s1. The van der Waals surface area contributed by atoms with Gasteiger partial charge in [-0.1, -0.05) is 48.3 Å². The lowest BCUT2D eigenvalue weighted by molar-refractivity contribution is -0.140. The van der Waals surface area contributed by atoms with Gasteiger partial charge in [0, 0.05) is 40.2 Å². The van der Waals surface area contributed by atoms with E-state index in [2.05, 4.69) is 5.32 Å². The molecule has 7 heteroatoms. The first-order chi connectivity index (χ1) is 13.9. The van der Waals surface area contributed by atoms with Crippen LogP contribution in [0.5, 0.6) is 0 Å². The molecule has 2 aromatic carbocycles. The predicted octanol–water partition coefficient (Wildman–Crippen LogP) is 5.42. The molecule has 0 heterocycles.